The Kier molecular flexibility index (Phi) is 8.64. The molecule has 1 radical (unpaired) electrons. The van der Waals surface area contributed by atoms with Crippen molar-refractivity contribution >= 4 is 5.97 Å². The largest absolute Gasteiger partial charge is 0.466 e. The second kappa shape index (κ2) is 9.00. The lowest BCUT2D eigenvalue weighted by molar-refractivity contribution is -0.144. The summed E-state index contributed by atoms with van der Waals surface area (Å²) in [6.07, 6.45) is 4.05. The third kappa shape index (κ3) is 9.52. The first-order valence-electron chi connectivity index (χ1n) is 5.40. The van der Waals surface area contributed by atoms with Crippen LogP contribution in [0.15, 0.2) is 0 Å². The van der Waals surface area contributed by atoms with E-state index in [2.05, 4.69) is 0 Å². The fraction of sp³-hybridized carbons (Fsp3) is 0.909. The molecule has 3 heteroatoms. The molecule has 0 bridgehead atoms. The lowest BCUT2D eigenvalue weighted by Gasteiger charge is -2.05. The molecule has 0 aliphatic carbocycles. The van der Waals surface area contributed by atoms with Gasteiger partial charge < -0.3 is 4.74 Å². The van der Waals surface area contributed by atoms with Crippen LogP contribution in [0.25, 0.3) is 0 Å². The van der Waals surface area contributed by atoms with Crippen LogP contribution in [0.3, 0.4) is 0 Å². The molecular weight excluding hydrogens is 180 g/mol. The first-order valence-corrected chi connectivity index (χ1v) is 5.40. The third-order valence-electron chi connectivity index (χ3n) is 1.88. The van der Waals surface area contributed by atoms with Gasteiger partial charge in [-0.25, -0.2) is 5.11 Å². The molecule has 0 aliphatic heterocycles. The lowest BCUT2D eigenvalue weighted by Crippen LogP contribution is -2.08. The fourth-order valence-electron chi connectivity index (χ4n) is 1.14. The summed E-state index contributed by atoms with van der Waals surface area (Å²) in [6.45, 7) is 4.50. The van der Waals surface area contributed by atoms with Crippen molar-refractivity contribution in [3.8, 4) is 0 Å². The van der Waals surface area contributed by atoms with Gasteiger partial charge in [-0.2, -0.15) is 0 Å². The zero-order valence-electron chi connectivity index (χ0n) is 9.25. The summed E-state index contributed by atoms with van der Waals surface area (Å²) in [5, 5.41) is 10.1. The minimum Gasteiger partial charge on any atom is -0.466 e. The minimum absolute atomic E-state index is 0.00708. The molecule has 0 unspecified atom stereocenters. The van der Waals surface area contributed by atoms with E-state index in [0.29, 0.717) is 18.9 Å². The van der Waals surface area contributed by atoms with Crippen LogP contribution in [0.5, 0.6) is 0 Å². The summed E-state index contributed by atoms with van der Waals surface area (Å²) in [7, 11) is 0. The minimum atomic E-state index is -0.108. The maximum atomic E-state index is 11.1. The van der Waals surface area contributed by atoms with Crippen LogP contribution in [0, 0.1) is 5.92 Å². The molecule has 0 rings (SSSR count). The average molecular weight is 201 g/mol. The predicted molar refractivity (Wildman–Crippen MR) is 54.4 cm³/mol. The Hall–Kier alpha value is -0.570. The molecule has 0 atom stereocenters. The zero-order valence-corrected chi connectivity index (χ0v) is 9.25. The molecule has 0 amide bonds. The van der Waals surface area contributed by atoms with Crippen molar-refractivity contribution in [2.45, 2.75) is 46.0 Å². The first-order chi connectivity index (χ1) is 6.66. The van der Waals surface area contributed by atoms with Crippen LogP contribution in [-0.2, 0) is 14.6 Å². The Bertz CT molecular complexity index is 143. The summed E-state index contributed by atoms with van der Waals surface area (Å²) >= 11 is 0. The van der Waals surface area contributed by atoms with Gasteiger partial charge in [0.15, 0.2) is 0 Å². The highest BCUT2D eigenvalue weighted by Gasteiger charge is 2.04. The molecule has 0 saturated heterocycles. The zero-order chi connectivity index (χ0) is 10.8. The molecule has 0 aromatic heterocycles. The molecule has 83 valence electrons. The van der Waals surface area contributed by atoms with Gasteiger partial charge in [-0.1, -0.05) is 20.3 Å². The van der Waals surface area contributed by atoms with Gasteiger partial charge in [0.1, 0.15) is 0 Å². The second-order valence-electron chi connectivity index (χ2n) is 3.94. The van der Waals surface area contributed by atoms with Gasteiger partial charge in [-0.05, 0) is 25.2 Å². The van der Waals surface area contributed by atoms with Crippen LogP contribution in [-0.4, -0.2) is 19.2 Å². The van der Waals surface area contributed by atoms with E-state index in [-0.39, 0.29) is 12.6 Å². The molecule has 0 aliphatic rings. The van der Waals surface area contributed by atoms with Gasteiger partial charge >= 0.3 is 5.97 Å². The van der Waals surface area contributed by atoms with E-state index >= 15 is 0 Å². The predicted octanol–water partition coefficient (Wildman–Crippen LogP) is 2.57. The number of hydrogen-bond acceptors (Lipinski definition) is 2. The van der Waals surface area contributed by atoms with E-state index in [9.17, 15) is 9.90 Å². The average Bonchev–Trinajstić information content (AvgIpc) is 2.10. The topological polar surface area (TPSA) is 46.2 Å². The van der Waals surface area contributed by atoms with E-state index in [1.165, 1.54) is 0 Å². The quantitative estimate of drug-likeness (QED) is 0.447. The standard InChI is InChI=1S/C11H21O3/c1-10(2)9-11(13)14-8-6-4-3-5-7-12/h10H,3-9H2,1-2H3. The fourth-order valence-corrected chi connectivity index (χ4v) is 1.14. The van der Waals surface area contributed by atoms with Crippen LogP contribution in [0.2, 0.25) is 0 Å². The summed E-state index contributed by atoms with van der Waals surface area (Å²) in [4.78, 5) is 11.1. The van der Waals surface area contributed by atoms with Crippen LogP contribution < -0.4 is 0 Å². The van der Waals surface area contributed by atoms with Gasteiger partial charge in [0, 0.05) is 6.42 Å². The smallest absolute Gasteiger partial charge is 0.306 e. The van der Waals surface area contributed by atoms with Crippen molar-refractivity contribution in [3.05, 3.63) is 0 Å². The number of hydrogen-bond donors (Lipinski definition) is 0. The SMILES string of the molecule is CC(C)CC(=O)OCCCCCC[O]. The van der Waals surface area contributed by atoms with Gasteiger partial charge in [0.05, 0.1) is 13.2 Å². The maximum Gasteiger partial charge on any atom is 0.306 e. The number of carbonyl (C=O) groups excluding carboxylic acids is 1. The highest BCUT2D eigenvalue weighted by molar-refractivity contribution is 5.69. The van der Waals surface area contributed by atoms with E-state index in [0.717, 1.165) is 25.7 Å². The third-order valence-corrected chi connectivity index (χ3v) is 1.88. The normalized spacial score (nSPS) is 10.6. The van der Waals surface area contributed by atoms with E-state index in [1.54, 1.807) is 0 Å². The van der Waals surface area contributed by atoms with E-state index in [1.807, 2.05) is 13.8 Å². The Morgan fingerprint density at radius 2 is 1.79 bits per heavy atom. The van der Waals surface area contributed by atoms with E-state index in [4.69, 9.17) is 4.74 Å². The lowest BCUT2D eigenvalue weighted by atomic mass is 10.1. The number of unbranched alkanes of at least 4 members (excludes halogenated alkanes) is 3. The molecule has 14 heavy (non-hydrogen) atoms. The van der Waals surface area contributed by atoms with Crippen LogP contribution in [0.4, 0.5) is 0 Å². The van der Waals surface area contributed by atoms with Gasteiger partial charge in [-0.15, -0.1) is 0 Å². The molecule has 0 saturated carbocycles. The van der Waals surface area contributed by atoms with Crippen molar-refractivity contribution in [2.24, 2.45) is 5.92 Å². The Morgan fingerprint density at radius 1 is 1.14 bits per heavy atom. The number of carbonyl (C=O) groups is 1. The van der Waals surface area contributed by atoms with Crippen LogP contribution >= 0.6 is 0 Å². The maximum absolute atomic E-state index is 11.1. The highest BCUT2D eigenvalue weighted by Crippen LogP contribution is 2.03. The van der Waals surface area contributed by atoms with Crippen molar-refractivity contribution in [3.63, 3.8) is 0 Å². The van der Waals surface area contributed by atoms with E-state index < -0.39 is 0 Å². The molecule has 3 nitrogen and oxygen atoms in total. The molecule has 0 heterocycles. The van der Waals surface area contributed by atoms with Crippen molar-refractivity contribution in [1.82, 2.24) is 0 Å². The molecule has 0 N–H and O–H groups in total. The Labute approximate surface area is 86.5 Å². The highest BCUT2D eigenvalue weighted by atomic mass is 16.5. The van der Waals surface area contributed by atoms with Crippen molar-refractivity contribution < 1.29 is 14.6 Å². The van der Waals surface area contributed by atoms with Gasteiger partial charge in [0.25, 0.3) is 0 Å². The molecular formula is C11H21O3. The Balaban J connectivity index is 3.15. The molecule has 0 aromatic carbocycles. The van der Waals surface area contributed by atoms with Crippen molar-refractivity contribution in [1.29, 1.82) is 0 Å². The summed E-state index contributed by atoms with van der Waals surface area (Å²) < 4.78 is 5.02. The first kappa shape index (κ1) is 13.4. The molecule has 0 fully saturated rings. The monoisotopic (exact) mass is 201 g/mol. The molecule has 0 aromatic rings. The van der Waals surface area contributed by atoms with Gasteiger partial charge in [0.2, 0.25) is 0 Å². The Morgan fingerprint density at radius 3 is 2.36 bits per heavy atom. The second-order valence-corrected chi connectivity index (χ2v) is 3.94. The molecule has 0 spiro atoms. The summed E-state index contributed by atoms with van der Waals surface area (Å²) in [5.41, 5.74) is 0. The number of rotatable bonds is 8. The van der Waals surface area contributed by atoms with Gasteiger partial charge in [-0.3, -0.25) is 4.79 Å². The number of ether oxygens (including phenoxy) is 1. The van der Waals surface area contributed by atoms with Crippen LogP contribution in [0.1, 0.15) is 46.0 Å². The summed E-state index contributed by atoms with van der Waals surface area (Å²) in [5.74, 6) is 0.256. The number of esters is 1. The summed E-state index contributed by atoms with van der Waals surface area (Å²) in [6, 6.07) is 0. The van der Waals surface area contributed by atoms with Crippen molar-refractivity contribution in [2.75, 3.05) is 13.2 Å².